The molecule has 4 amide bonds. The van der Waals surface area contributed by atoms with E-state index in [1.165, 1.54) is 6.08 Å². The number of halogens is 6. The number of imide groups is 2. The number of amides is 4. The summed E-state index contributed by atoms with van der Waals surface area (Å²) in [5.41, 5.74) is -1.11. The Bertz CT molecular complexity index is 1460. The number of carbonyl (C=O) groups excluding carboxylic acids is 3. The second kappa shape index (κ2) is 10.6. The summed E-state index contributed by atoms with van der Waals surface area (Å²) in [4.78, 5) is 38.7. The van der Waals surface area contributed by atoms with Crippen molar-refractivity contribution in [2.24, 2.45) is 0 Å². The lowest BCUT2D eigenvalue weighted by atomic mass is 10.1. The molecule has 3 aromatic carbocycles. The number of nitrogens with one attached hydrogen (secondary N) is 1. The summed E-state index contributed by atoms with van der Waals surface area (Å²) < 4.78 is 46.2. The Morgan fingerprint density at radius 1 is 1.00 bits per heavy atom. The molecular weight excluding hydrogens is 600 g/mol. The van der Waals surface area contributed by atoms with Gasteiger partial charge in [-0.1, -0.05) is 51.3 Å². The molecule has 3 aromatic rings. The third-order valence-corrected chi connectivity index (χ3v) is 6.22. The largest absolute Gasteiger partial charge is 0.488 e. The van der Waals surface area contributed by atoms with Crippen molar-refractivity contribution < 1.29 is 32.3 Å². The molecule has 1 fully saturated rings. The van der Waals surface area contributed by atoms with Crippen LogP contribution in [-0.4, -0.2) is 17.8 Å². The zero-order valence-corrected chi connectivity index (χ0v) is 21.5. The standard InChI is InChI=1S/C25H14BrCl2F3N2O4/c26-16-5-7-21(37-12-13-2-1-3-17(27)8-13)14(9-16)10-18-22(34)32-24(36)33(23(18)35)20-11-15(25(29,30)31)4-6-19(20)28/h1-11H,12H2,(H,32,34,36)/b18-10-. The summed E-state index contributed by atoms with van der Waals surface area (Å²) in [6, 6.07) is 12.8. The van der Waals surface area contributed by atoms with Gasteiger partial charge in [-0.15, -0.1) is 0 Å². The van der Waals surface area contributed by atoms with Crippen molar-refractivity contribution in [3.8, 4) is 5.75 Å². The smallest absolute Gasteiger partial charge is 0.416 e. The molecule has 1 N–H and O–H groups in total. The summed E-state index contributed by atoms with van der Waals surface area (Å²) in [6.45, 7) is 0.114. The quantitative estimate of drug-likeness (QED) is 0.248. The van der Waals surface area contributed by atoms with Crippen molar-refractivity contribution in [2.75, 3.05) is 4.90 Å². The molecule has 1 heterocycles. The molecule has 37 heavy (non-hydrogen) atoms. The van der Waals surface area contributed by atoms with Crippen molar-refractivity contribution in [2.45, 2.75) is 12.8 Å². The molecule has 1 aliphatic heterocycles. The average Bonchev–Trinajstić information content (AvgIpc) is 2.81. The van der Waals surface area contributed by atoms with Crippen molar-refractivity contribution >= 4 is 68.7 Å². The molecule has 12 heteroatoms. The fourth-order valence-corrected chi connectivity index (χ4v) is 4.24. The van der Waals surface area contributed by atoms with Gasteiger partial charge in [0.25, 0.3) is 11.8 Å². The van der Waals surface area contributed by atoms with Crippen LogP contribution in [0.5, 0.6) is 5.75 Å². The monoisotopic (exact) mass is 612 g/mol. The third-order valence-electron chi connectivity index (χ3n) is 5.17. The van der Waals surface area contributed by atoms with Crippen molar-refractivity contribution in [1.82, 2.24) is 5.32 Å². The first-order chi connectivity index (χ1) is 17.4. The van der Waals surface area contributed by atoms with Crippen LogP contribution in [0.15, 0.2) is 70.7 Å². The molecule has 0 unspecified atom stereocenters. The Balaban J connectivity index is 1.72. The minimum absolute atomic E-state index is 0.114. The van der Waals surface area contributed by atoms with Gasteiger partial charge in [0.2, 0.25) is 0 Å². The van der Waals surface area contributed by atoms with Gasteiger partial charge in [-0.2, -0.15) is 13.2 Å². The Morgan fingerprint density at radius 2 is 1.76 bits per heavy atom. The molecule has 4 rings (SSSR count). The van der Waals surface area contributed by atoms with Gasteiger partial charge in [-0.05, 0) is 60.2 Å². The highest BCUT2D eigenvalue weighted by atomic mass is 79.9. The number of alkyl halides is 3. The lowest BCUT2D eigenvalue weighted by Gasteiger charge is -2.27. The minimum Gasteiger partial charge on any atom is -0.488 e. The molecule has 0 bridgehead atoms. The number of rotatable bonds is 5. The molecular formula is C25H14BrCl2F3N2O4. The lowest BCUT2D eigenvalue weighted by Crippen LogP contribution is -2.54. The van der Waals surface area contributed by atoms with E-state index in [1.807, 2.05) is 5.32 Å². The van der Waals surface area contributed by atoms with E-state index in [4.69, 9.17) is 27.9 Å². The highest BCUT2D eigenvalue weighted by Gasteiger charge is 2.39. The van der Waals surface area contributed by atoms with Crippen LogP contribution in [0.1, 0.15) is 16.7 Å². The molecule has 1 aliphatic rings. The molecule has 0 saturated carbocycles. The maximum atomic E-state index is 13.2. The van der Waals surface area contributed by atoms with Gasteiger partial charge in [0.05, 0.1) is 16.3 Å². The lowest BCUT2D eigenvalue weighted by molar-refractivity contribution is -0.137. The van der Waals surface area contributed by atoms with Crippen molar-refractivity contribution in [1.29, 1.82) is 0 Å². The van der Waals surface area contributed by atoms with E-state index in [1.54, 1.807) is 42.5 Å². The number of hydrogen-bond donors (Lipinski definition) is 1. The van der Waals surface area contributed by atoms with Crippen LogP contribution < -0.4 is 15.0 Å². The zero-order valence-electron chi connectivity index (χ0n) is 18.4. The summed E-state index contributed by atoms with van der Waals surface area (Å²) in [5, 5.41) is 2.19. The van der Waals surface area contributed by atoms with Crippen molar-refractivity contribution in [3.63, 3.8) is 0 Å². The number of ether oxygens (including phenoxy) is 1. The predicted octanol–water partition coefficient (Wildman–Crippen LogP) is 7.02. The fraction of sp³-hybridized carbons (Fsp3) is 0.0800. The predicted molar refractivity (Wildman–Crippen MR) is 135 cm³/mol. The number of anilines is 1. The van der Waals surface area contributed by atoms with Gasteiger partial charge in [0, 0.05) is 15.1 Å². The average molecular weight is 614 g/mol. The fourth-order valence-electron chi connectivity index (χ4n) is 3.44. The maximum absolute atomic E-state index is 13.2. The molecule has 190 valence electrons. The SMILES string of the molecule is O=C1NC(=O)N(c2cc(C(F)(F)F)ccc2Cl)C(=O)/C1=C\c1cc(Br)ccc1OCc1cccc(Cl)c1. The first-order valence-electron chi connectivity index (χ1n) is 10.4. The molecule has 0 radical (unpaired) electrons. The van der Waals surface area contributed by atoms with Gasteiger partial charge in [0.1, 0.15) is 17.9 Å². The number of nitrogens with zero attached hydrogens (tertiary/aromatic N) is 1. The summed E-state index contributed by atoms with van der Waals surface area (Å²) in [7, 11) is 0. The van der Waals surface area contributed by atoms with Crippen LogP contribution in [0, 0.1) is 0 Å². The zero-order chi connectivity index (χ0) is 26.9. The first-order valence-corrected chi connectivity index (χ1v) is 11.9. The normalized spacial score (nSPS) is 15.2. The number of benzene rings is 3. The minimum atomic E-state index is -4.76. The molecule has 0 spiro atoms. The highest BCUT2D eigenvalue weighted by Crippen LogP contribution is 2.37. The van der Waals surface area contributed by atoms with Crippen LogP contribution in [0.25, 0.3) is 6.08 Å². The Labute approximate surface area is 226 Å². The van der Waals surface area contributed by atoms with Crippen LogP contribution in [0.4, 0.5) is 23.7 Å². The van der Waals surface area contributed by atoms with E-state index in [2.05, 4.69) is 15.9 Å². The third kappa shape index (κ3) is 5.98. The topological polar surface area (TPSA) is 75.7 Å². The summed E-state index contributed by atoms with van der Waals surface area (Å²) >= 11 is 15.3. The molecule has 0 atom stereocenters. The Hall–Kier alpha value is -3.34. The number of hydrogen-bond acceptors (Lipinski definition) is 4. The number of urea groups is 1. The van der Waals surface area contributed by atoms with Gasteiger partial charge in [0.15, 0.2) is 0 Å². The van der Waals surface area contributed by atoms with Crippen LogP contribution in [0.3, 0.4) is 0 Å². The van der Waals surface area contributed by atoms with Gasteiger partial charge < -0.3 is 4.74 Å². The second-order valence-corrected chi connectivity index (χ2v) is 9.48. The van der Waals surface area contributed by atoms with Gasteiger partial charge in [-0.3, -0.25) is 14.9 Å². The second-order valence-electron chi connectivity index (χ2n) is 7.72. The summed E-state index contributed by atoms with van der Waals surface area (Å²) in [6.07, 6.45) is -3.58. The molecule has 0 aliphatic carbocycles. The van der Waals surface area contributed by atoms with Crippen LogP contribution >= 0.6 is 39.1 Å². The Morgan fingerprint density at radius 3 is 2.46 bits per heavy atom. The molecule has 6 nitrogen and oxygen atoms in total. The maximum Gasteiger partial charge on any atom is 0.416 e. The van der Waals surface area contributed by atoms with Crippen molar-refractivity contribution in [3.05, 3.63) is 97.4 Å². The van der Waals surface area contributed by atoms with E-state index in [9.17, 15) is 27.6 Å². The van der Waals surface area contributed by atoms with Gasteiger partial charge in [-0.25, -0.2) is 9.69 Å². The summed E-state index contributed by atoms with van der Waals surface area (Å²) in [5.74, 6) is -1.90. The van der Waals surface area contributed by atoms with Gasteiger partial charge >= 0.3 is 12.2 Å². The van der Waals surface area contributed by atoms with E-state index in [0.29, 0.717) is 32.1 Å². The Kier molecular flexibility index (Phi) is 7.63. The van der Waals surface area contributed by atoms with E-state index >= 15 is 0 Å². The van der Waals surface area contributed by atoms with Crippen LogP contribution in [0.2, 0.25) is 10.0 Å². The van der Waals surface area contributed by atoms with E-state index in [0.717, 1.165) is 11.6 Å². The number of barbiturate groups is 1. The molecule has 0 aromatic heterocycles. The van der Waals surface area contributed by atoms with E-state index in [-0.39, 0.29) is 17.4 Å². The highest BCUT2D eigenvalue weighted by molar-refractivity contribution is 9.10. The molecule has 1 saturated heterocycles. The first kappa shape index (κ1) is 26.7. The van der Waals surface area contributed by atoms with Crippen LogP contribution in [-0.2, 0) is 22.4 Å². The number of carbonyl (C=O) groups is 3. The van der Waals surface area contributed by atoms with E-state index < -0.39 is 40.8 Å².